The maximum Gasteiger partial charge on any atom is 0.335 e. The molecular weight excluding hydrogens is 665 g/mol. The monoisotopic (exact) mass is 720 g/mol. The summed E-state index contributed by atoms with van der Waals surface area (Å²) in [5.41, 5.74) is 2.92. The van der Waals surface area contributed by atoms with Crippen LogP contribution in [0.3, 0.4) is 0 Å². The van der Waals surface area contributed by atoms with Crippen molar-refractivity contribution in [3.05, 3.63) is 157 Å². The molecule has 6 nitrogen and oxygen atoms in total. The van der Waals surface area contributed by atoms with Crippen LogP contribution in [0.1, 0.15) is 51.7 Å². The van der Waals surface area contributed by atoms with E-state index in [0.29, 0.717) is 26.1 Å². The van der Waals surface area contributed by atoms with Crippen molar-refractivity contribution < 1.29 is 28.2 Å². The number of hydrogen-bond donors (Lipinski definition) is 0. The van der Waals surface area contributed by atoms with E-state index in [-0.39, 0.29) is 11.6 Å². The summed E-state index contributed by atoms with van der Waals surface area (Å²) >= 11 is 0. The van der Waals surface area contributed by atoms with Gasteiger partial charge in [0.05, 0.1) is 32.5 Å². The number of rotatable bonds is 20. The molecule has 52 heavy (non-hydrogen) atoms. The first-order valence-electron chi connectivity index (χ1n) is 18.1. The lowest BCUT2D eigenvalue weighted by Gasteiger charge is -2.43. The Bertz CT molecular complexity index is 1610. The molecule has 0 saturated heterocycles. The van der Waals surface area contributed by atoms with E-state index in [0.717, 1.165) is 16.7 Å². The van der Waals surface area contributed by atoms with Gasteiger partial charge in [-0.05, 0) is 46.3 Å². The molecule has 7 heteroatoms. The van der Waals surface area contributed by atoms with Crippen molar-refractivity contribution in [3.8, 4) is 0 Å². The molecule has 0 unspecified atom stereocenters. The number of esters is 1. The highest BCUT2D eigenvalue weighted by atomic mass is 28.4. The van der Waals surface area contributed by atoms with Crippen LogP contribution in [0.5, 0.6) is 0 Å². The van der Waals surface area contributed by atoms with Crippen molar-refractivity contribution in [2.45, 2.75) is 77.1 Å². The standard InChI is InChI=1S/C45H56O6Si/c1-8-9-22-35(2)41(43(44(46)48-7)50-34-37-25-16-11-17-26-37)42(47-6)40(49-33-36-23-14-10-15-24-36)31-32-51-52(45(3,4)5,38-27-18-12-19-28-38)39-29-20-13-21-30-39/h8,10-30,40-43H,1,9,31-34H2,2-7H3/b35-22+/t40-,41+,42-,43+/m1/s1. The van der Waals surface area contributed by atoms with Crippen LogP contribution >= 0.6 is 0 Å². The summed E-state index contributed by atoms with van der Waals surface area (Å²) in [4.78, 5) is 13.6. The maximum atomic E-state index is 13.6. The van der Waals surface area contributed by atoms with Gasteiger partial charge in [0.15, 0.2) is 6.10 Å². The molecule has 4 aromatic carbocycles. The lowest BCUT2D eigenvalue weighted by atomic mass is 9.84. The van der Waals surface area contributed by atoms with Gasteiger partial charge < -0.3 is 23.4 Å². The SMILES string of the molecule is C=CC/C=C(\C)[C@@H]([C@H](OC)[C@@H](CCO[Si](c1ccccc1)(c1ccccc1)C(C)(C)C)OCc1ccccc1)[C@H](OCc1ccccc1)C(=O)OC. The predicted octanol–water partition coefficient (Wildman–Crippen LogP) is 8.45. The molecule has 276 valence electrons. The van der Waals surface area contributed by atoms with E-state index >= 15 is 0 Å². The highest BCUT2D eigenvalue weighted by Crippen LogP contribution is 2.37. The van der Waals surface area contributed by atoms with Crippen molar-refractivity contribution in [1.82, 2.24) is 0 Å². The highest BCUT2D eigenvalue weighted by Gasteiger charge is 2.50. The first-order chi connectivity index (χ1) is 25.2. The van der Waals surface area contributed by atoms with Gasteiger partial charge in [0.1, 0.15) is 0 Å². The third-order valence-corrected chi connectivity index (χ3v) is 14.6. The van der Waals surface area contributed by atoms with Gasteiger partial charge in [0.2, 0.25) is 0 Å². The molecule has 0 bridgehead atoms. The average Bonchev–Trinajstić information content (AvgIpc) is 3.17. The van der Waals surface area contributed by atoms with Gasteiger partial charge in [0, 0.05) is 19.6 Å². The normalized spacial score (nSPS) is 14.6. The van der Waals surface area contributed by atoms with E-state index in [4.69, 9.17) is 23.4 Å². The lowest BCUT2D eigenvalue weighted by molar-refractivity contribution is -0.168. The van der Waals surface area contributed by atoms with Crippen LogP contribution in [-0.2, 0) is 41.4 Å². The van der Waals surface area contributed by atoms with E-state index in [1.54, 1.807) is 7.11 Å². The smallest absolute Gasteiger partial charge is 0.335 e. The summed E-state index contributed by atoms with van der Waals surface area (Å²) < 4.78 is 32.4. The molecule has 0 saturated carbocycles. The lowest BCUT2D eigenvalue weighted by Crippen LogP contribution is -2.66. The van der Waals surface area contributed by atoms with Crippen molar-refractivity contribution in [2.24, 2.45) is 5.92 Å². The Balaban J connectivity index is 1.76. The molecule has 0 heterocycles. The third kappa shape index (κ3) is 10.5. The quantitative estimate of drug-likeness (QED) is 0.0519. The summed E-state index contributed by atoms with van der Waals surface area (Å²) in [6, 6.07) is 41.1. The van der Waals surface area contributed by atoms with Gasteiger partial charge in [0.25, 0.3) is 8.32 Å². The van der Waals surface area contributed by atoms with E-state index in [9.17, 15) is 4.79 Å². The zero-order chi connectivity index (χ0) is 37.4. The highest BCUT2D eigenvalue weighted by molar-refractivity contribution is 6.99. The van der Waals surface area contributed by atoms with Crippen LogP contribution in [-0.4, -0.2) is 53.4 Å². The van der Waals surface area contributed by atoms with Gasteiger partial charge in [-0.15, -0.1) is 6.58 Å². The summed E-state index contributed by atoms with van der Waals surface area (Å²) in [6.07, 6.45) is 3.00. The fraction of sp³-hybridized carbons (Fsp3) is 0.356. The minimum absolute atomic E-state index is 0.190. The van der Waals surface area contributed by atoms with Crippen LogP contribution in [0.15, 0.2) is 146 Å². The van der Waals surface area contributed by atoms with E-state index in [1.807, 2.05) is 85.8 Å². The number of allylic oxidation sites excluding steroid dienone is 2. The van der Waals surface area contributed by atoms with Crippen molar-refractivity contribution in [3.63, 3.8) is 0 Å². The number of carbonyl (C=O) groups is 1. The minimum atomic E-state index is -2.83. The molecule has 0 aliphatic rings. The fourth-order valence-corrected chi connectivity index (χ4v) is 11.6. The Hall–Kier alpha value is -4.11. The molecule has 4 aromatic rings. The summed E-state index contributed by atoms with van der Waals surface area (Å²) in [7, 11) is 0.237. The van der Waals surface area contributed by atoms with Crippen molar-refractivity contribution in [2.75, 3.05) is 20.8 Å². The van der Waals surface area contributed by atoms with E-state index in [2.05, 4.69) is 82.0 Å². The van der Waals surface area contributed by atoms with Crippen molar-refractivity contribution >= 4 is 24.7 Å². The van der Waals surface area contributed by atoms with Crippen LogP contribution in [0, 0.1) is 5.92 Å². The number of methoxy groups -OCH3 is 2. The van der Waals surface area contributed by atoms with Gasteiger partial charge in [-0.3, -0.25) is 0 Å². The molecule has 0 N–H and O–H groups in total. The molecule has 0 aromatic heterocycles. The zero-order valence-corrected chi connectivity index (χ0v) is 32.7. The third-order valence-electron chi connectivity index (χ3n) is 9.60. The van der Waals surface area contributed by atoms with Gasteiger partial charge in [-0.2, -0.15) is 0 Å². The van der Waals surface area contributed by atoms with Gasteiger partial charge in [-0.25, -0.2) is 4.79 Å². The Morgan fingerprint density at radius 3 is 1.67 bits per heavy atom. The van der Waals surface area contributed by atoms with Crippen LogP contribution in [0.2, 0.25) is 5.04 Å². The number of ether oxygens (including phenoxy) is 4. The minimum Gasteiger partial charge on any atom is -0.467 e. The maximum absolute atomic E-state index is 13.6. The molecule has 0 spiro atoms. The molecule has 0 radical (unpaired) electrons. The Morgan fingerprint density at radius 1 is 0.750 bits per heavy atom. The summed E-state index contributed by atoms with van der Waals surface area (Å²) in [5.74, 6) is -1.01. The second-order valence-corrected chi connectivity index (χ2v) is 18.4. The first kappa shape index (κ1) is 40.7. The molecule has 4 atom stereocenters. The van der Waals surface area contributed by atoms with Gasteiger partial charge in [-0.1, -0.05) is 160 Å². The van der Waals surface area contributed by atoms with Crippen molar-refractivity contribution in [1.29, 1.82) is 0 Å². The molecular formula is C45H56O6Si. The van der Waals surface area contributed by atoms with E-state index < -0.39 is 38.5 Å². The summed E-state index contributed by atoms with van der Waals surface area (Å²) in [6.45, 7) is 13.8. The number of benzene rings is 4. The summed E-state index contributed by atoms with van der Waals surface area (Å²) in [5, 5.41) is 2.23. The molecule has 0 aliphatic heterocycles. The predicted molar refractivity (Wildman–Crippen MR) is 213 cm³/mol. The zero-order valence-electron chi connectivity index (χ0n) is 31.7. The topological polar surface area (TPSA) is 63.2 Å². The molecule has 4 rings (SSSR count). The fourth-order valence-electron chi connectivity index (χ4n) is 7.01. The second-order valence-electron chi connectivity index (χ2n) is 14.1. The Kier molecular flexibility index (Phi) is 15.8. The molecule has 0 aliphatic carbocycles. The van der Waals surface area contributed by atoms with Crippen LogP contribution in [0.25, 0.3) is 0 Å². The Labute approximate surface area is 312 Å². The van der Waals surface area contributed by atoms with E-state index in [1.165, 1.54) is 17.5 Å². The van der Waals surface area contributed by atoms with Gasteiger partial charge >= 0.3 is 5.97 Å². The number of carbonyl (C=O) groups excluding carboxylic acids is 1. The number of hydrogen-bond acceptors (Lipinski definition) is 6. The first-order valence-corrected chi connectivity index (χ1v) is 20.0. The molecule has 0 amide bonds. The second kappa shape index (κ2) is 20.2. The molecule has 0 fully saturated rings. The van der Waals surface area contributed by atoms with Crippen LogP contribution in [0.4, 0.5) is 0 Å². The largest absolute Gasteiger partial charge is 0.467 e. The van der Waals surface area contributed by atoms with Crippen LogP contribution < -0.4 is 10.4 Å². The average molecular weight is 721 g/mol. The Morgan fingerprint density at radius 2 is 1.23 bits per heavy atom.